The van der Waals surface area contributed by atoms with E-state index in [9.17, 15) is 18.0 Å². The highest BCUT2D eigenvalue weighted by Gasteiger charge is 2.46. The molecule has 0 spiro atoms. The lowest BCUT2D eigenvalue weighted by molar-refractivity contribution is -0.137. The zero-order chi connectivity index (χ0) is 26.2. The summed E-state index contributed by atoms with van der Waals surface area (Å²) in [5, 5.41) is 3.79. The summed E-state index contributed by atoms with van der Waals surface area (Å²) < 4.78 is 46.8. The number of amides is 1. The molecule has 7 heteroatoms. The molecule has 190 valence electrons. The smallest absolute Gasteiger partial charge is 0.416 e. The number of nitrogens with one attached hydrogen (secondary N) is 1. The van der Waals surface area contributed by atoms with Gasteiger partial charge in [0.15, 0.2) is 5.75 Å². The summed E-state index contributed by atoms with van der Waals surface area (Å²) in [6.07, 6.45) is -2.91. The SMILES string of the molecule is CC(C)COc1c(-c2cccc(C(F)(F)F)c2)nc2ccccc2c1C(=O)NC1(c2ccccc2)CC1. The fraction of sp³-hybridized carbons (Fsp3) is 0.267. The maximum Gasteiger partial charge on any atom is 0.416 e. The largest absolute Gasteiger partial charge is 0.490 e. The summed E-state index contributed by atoms with van der Waals surface area (Å²) >= 11 is 0. The number of carbonyl (C=O) groups excluding carboxylic acids is 1. The number of benzene rings is 3. The van der Waals surface area contributed by atoms with Gasteiger partial charge in [-0.15, -0.1) is 0 Å². The van der Waals surface area contributed by atoms with Crippen LogP contribution in [0.25, 0.3) is 22.2 Å². The molecule has 0 saturated heterocycles. The van der Waals surface area contributed by atoms with Crippen LogP contribution in [0.5, 0.6) is 5.75 Å². The van der Waals surface area contributed by atoms with E-state index in [0.717, 1.165) is 30.5 Å². The van der Waals surface area contributed by atoms with Crippen LogP contribution in [-0.4, -0.2) is 17.5 Å². The molecule has 1 aliphatic carbocycles. The number of ether oxygens (including phenoxy) is 1. The minimum Gasteiger partial charge on any atom is -0.490 e. The van der Waals surface area contributed by atoms with Crippen LogP contribution in [0, 0.1) is 5.92 Å². The first-order valence-electron chi connectivity index (χ1n) is 12.3. The molecule has 0 bridgehead atoms. The zero-order valence-corrected chi connectivity index (χ0v) is 20.6. The number of alkyl halides is 3. The Kier molecular flexibility index (Phi) is 6.40. The Morgan fingerprint density at radius 2 is 1.70 bits per heavy atom. The second-order valence-corrected chi connectivity index (χ2v) is 9.87. The first-order chi connectivity index (χ1) is 17.7. The van der Waals surface area contributed by atoms with Crippen molar-refractivity contribution in [3.8, 4) is 17.0 Å². The van der Waals surface area contributed by atoms with Crippen LogP contribution in [0.3, 0.4) is 0 Å². The number of hydrogen-bond donors (Lipinski definition) is 1. The number of aromatic nitrogens is 1. The van der Waals surface area contributed by atoms with Crippen molar-refractivity contribution in [1.29, 1.82) is 0 Å². The van der Waals surface area contributed by atoms with Gasteiger partial charge in [-0.25, -0.2) is 4.98 Å². The fourth-order valence-corrected chi connectivity index (χ4v) is 4.50. The summed E-state index contributed by atoms with van der Waals surface area (Å²) in [7, 11) is 0. The molecule has 1 saturated carbocycles. The third-order valence-corrected chi connectivity index (χ3v) is 6.53. The number of nitrogens with zero attached hydrogens (tertiary/aromatic N) is 1. The quantitative estimate of drug-likeness (QED) is 0.286. The van der Waals surface area contributed by atoms with E-state index < -0.39 is 17.3 Å². The van der Waals surface area contributed by atoms with E-state index in [-0.39, 0.29) is 41.0 Å². The van der Waals surface area contributed by atoms with Gasteiger partial charge in [0.05, 0.1) is 28.8 Å². The Balaban J connectivity index is 1.68. The summed E-state index contributed by atoms with van der Waals surface area (Å²) in [4.78, 5) is 18.7. The second kappa shape index (κ2) is 9.54. The van der Waals surface area contributed by atoms with Crippen molar-refractivity contribution >= 4 is 16.8 Å². The monoisotopic (exact) mass is 504 g/mol. The normalized spacial score (nSPS) is 14.5. The van der Waals surface area contributed by atoms with E-state index >= 15 is 0 Å². The average molecular weight is 505 g/mol. The number of rotatable bonds is 7. The van der Waals surface area contributed by atoms with Crippen LogP contribution in [0.1, 0.15) is 48.2 Å². The van der Waals surface area contributed by atoms with Crippen LogP contribution in [-0.2, 0) is 11.7 Å². The average Bonchev–Trinajstić information content (AvgIpc) is 3.67. The van der Waals surface area contributed by atoms with Crippen LogP contribution in [0.15, 0.2) is 78.9 Å². The third-order valence-electron chi connectivity index (χ3n) is 6.53. The molecule has 4 aromatic rings. The van der Waals surface area contributed by atoms with Gasteiger partial charge in [0, 0.05) is 10.9 Å². The third kappa shape index (κ3) is 5.03. The highest BCUT2D eigenvalue weighted by atomic mass is 19.4. The molecule has 1 aromatic heterocycles. The molecule has 3 aromatic carbocycles. The molecule has 1 heterocycles. The molecule has 0 aliphatic heterocycles. The topological polar surface area (TPSA) is 51.2 Å². The molecule has 0 unspecified atom stereocenters. The molecule has 5 rings (SSSR count). The second-order valence-electron chi connectivity index (χ2n) is 9.87. The fourth-order valence-electron chi connectivity index (χ4n) is 4.50. The van der Waals surface area contributed by atoms with Crippen molar-refractivity contribution in [3.63, 3.8) is 0 Å². The van der Waals surface area contributed by atoms with E-state index in [1.54, 1.807) is 30.3 Å². The van der Waals surface area contributed by atoms with Gasteiger partial charge in [-0.1, -0.05) is 74.5 Å². The van der Waals surface area contributed by atoms with Gasteiger partial charge in [-0.05, 0) is 42.5 Å². The minimum atomic E-state index is -4.51. The zero-order valence-electron chi connectivity index (χ0n) is 20.6. The van der Waals surface area contributed by atoms with Gasteiger partial charge in [-0.3, -0.25) is 4.79 Å². The Labute approximate surface area is 213 Å². The summed E-state index contributed by atoms with van der Waals surface area (Å²) in [6, 6.07) is 21.9. The van der Waals surface area contributed by atoms with Crippen molar-refractivity contribution in [2.45, 2.75) is 38.4 Å². The number of carbonyl (C=O) groups is 1. The minimum absolute atomic E-state index is 0.121. The van der Waals surface area contributed by atoms with Crippen molar-refractivity contribution in [2.75, 3.05) is 6.61 Å². The van der Waals surface area contributed by atoms with Crippen LogP contribution >= 0.6 is 0 Å². The maximum atomic E-state index is 14.0. The molecule has 1 amide bonds. The lowest BCUT2D eigenvalue weighted by Crippen LogP contribution is -2.35. The van der Waals surface area contributed by atoms with E-state index in [4.69, 9.17) is 4.74 Å². The lowest BCUT2D eigenvalue weighted by atomic mass is 9.99. The Bertz CT molecular complexity index is 1440. The van der Waals surface area contributed by atoms with E-state index in [2.05, 4.69) is 10.3 Å². The molecule has 1 N–H and O–H groups in total. The van der Waals surface area contributed by atoms with Crippen molar-refractivity contribution in [3.05, 3.63) is 95.6 Å². The van der Waals surface area contributed by atoms with Gasteiger partial charge in [-0.2, -0.15) is 13.2 Å². The first-order valence-corrected chi connectivity index (χ1v) is 12.3. The van der Waals surface area contributed by atoms with Gasteiger partial charge >= 0.3 is 6.18 Å². The number of para-hydroxylation sites is 1. The van der Waals surface area contributed by atoms with Gasteiger partial charge in [0.2, 0.25) is 0 Å². The molecule has 37 heavy (non-hydrogen) atoms. The Hall–Kier alpha value is -3.87. The molecule has 0 atom stereocenters. The summed E-state index contributed by atoms with van der Waals surface area (Å²) in [5.41, 5.74) is 0.973. The maximum absolute atomic E-state index is 14.0. The number of hydrogen-bond acceptors (Lipinski definition) is 3. The number of fused-ring (bicyclic) bond motifs is 1. The van der Waals surface area contributed by atoms with Crippen LogP contribution in [0.4, 0.5) is 13.2 Å². The van der Waals surface area contributed by atoms with Crippen LogP contribution in [0.2, 0.25) is 0 Å². The van der Waals surface area contributed by atoms with Crippen LogP contribution < -0.4 is 10.1 Å². The Morgan fingerprint density at radius 3 is 2.38 bits per heavy atom. The predicted octanol–water partition coefficient (Wildman–Crippen LogP) is 7.37. The van der Waals surface area contributed by atoms with Crippen molar-refractivity contribution in [2.24, 2.45) is 5.92 Å². The summed E-state index contributed by atoms with van der Waals surface area (Å²) in [5.74, 6) is -0.0316. The predicted molar refractivity (Wildman–Crippen MR) is 137 cm³/mol. The van der Waals surface area contributed by atoms with Crippen molar-refractivity contribution in [1.82, 2.24) is 10.3 Å². The molecule has 1 fully saturated rings. The van der Waals surface area contributed by atoms with E-state index in [1.165, 1.54) is 6.07 Å². The first kappa shape index (κ1) is 24.8. The molecule has 1 aliphatic rings. The Morgan fingerprint density at radius 1 is 1.00 bits per heavy atom. The lowest BCUT2D eigenvalue weighted by Gasteiger charge is -2.22. The van der Waals surface area contributed by atoms with E-state index in [0.29, 0.717) is 10.9 Å². The van der Waals surface area contributed by atoms with Gasteiger partial charge < -0.3 is 10.1 Å². The van der Waals surface area contributed by atoms with Gasteiger partial charge in [0.25, 0.3) is 5.91 Å². The molecular formula is C30H27F3N2O2. The standard InChI is InChI=1S/C30H27F3N2O2/c1-19(2)18-37-27-25(28(36)35-29(15-16-29)21-10-4-3-5-11-21)23-13-6-7-14-24(23)34-26(27)20-9-8-12-22(17-20)30(31,32)33/h3-14,17,19H,15-16,18H2,1-2H3,(H,35,36). The molecule has 4 nitrogen and oxygen atoms in total. The number of halogens is 3. The molecular weight excluding hydrogens is 477 g/mol. The highest BCUT2D eigenvalue weighted by molar-refractivity contribution is 6.10. The molecule has 0 radical (unpaired) electrons. The highest BCUT2D eigenvalue weighted by Crippen LogP contribution is 2.46. The van der Waals surface area contributed by atoms with E-state index in [1.807, 2.05) is 44.2 Å². The summed E-state index contributed by atoms with van der Waals surface area (Å²) in [6.45, 7) is 4.20. The van der Waals surface area contributed by atoms with Gasteiger partial charge in [0.1, 0.15) is 5.69 Å². The van der Waals surface area contributed by atoms with Crippen molar-refractivity contribution < 1.29 is 22.7 Å². The number of pyridine rings is 1.